The molecule has 1 rings (SSSR count). The van der Waals surface area contributed by atoms with Crippen molar-refractivity contribution in [2.75, 3.05) is 26.4 Å². The lowest BCUT2D eigenvalue weighted by molar-refractivity contribution is 0.520. The lowest BCUT2D eigenvalue weighted by Gasteiger charge is -2.20. The fourth-order valence-electron chi connectivity index (χ4n) is 1.43. The van der Waals surface area contributed by atoms with Crippen LogP contribution >= 0.6 is 6.26 Å². The Morgan fingerprint density at radius 1 is 1.16 bits per heavy atom. The van der Waals surface area contributed by atoms with E-state index in [-0.39, 0.29) is 4.90 Å². The molecule has 108 valence electrons. The summed E-state index contributed by atoms with van der Waals surface area (Å²) in [7, 11) is -0.372. The smallest absolute Gasteiger partial charge is 0.242 e. The Bertz CT molecular complexity index is 559. The molecule has 0 aliphatic rings. The van der Waals surface area contributed by atoms with Gasteiger partial charge in [-0.1, -0.05) is 25.7 Å². The Labute approximate surface area is 120 Å². The van der Waals surface area contributed by atoms with Crippen molar-refractivity contribution in [3.05, 3.63) is 24.3 Å². The van der Waals surface area contributed by atoms with E-state index < -0.39 is 16.3 Å². The molecular weight excluding hydrogens is 301 g/mol. The predicted octanol–water partition coefficient (Wildman–Crippen LogP) is 2.75. The minimum atomic E-state index is -3.39. The first-order valence-corrected chi connectivity index (χ1v) is 10.6. The zero-order valence-corrected chi connectivity index (χ0v) is 14.2. The van der Waals surface area contributed by atoms with Gasteiger partial charge in [0.05, 0.1) is 4.90 Å². The van der Waals surface area contributed by atoms with Gasteiger partial charge in [-0.05, 0) is 24.3 Å². The van der Waals surface area contributed by atoms with Gasteiger partial charge in [-0.25, -0.2) is 12.7 Å². The predicted molar refractivity (Wildman–Crippen MR) is 83.3 cm³/mol. The zero-order valence-electron chi connectivity index (χ0n) is 11.7. The summed E-state index contributed by atoms with van der Waals surface area (Å²) in [6.07, 6.45) is -0.145. The molecular formula is C12H20NO3PS2. The summed E-state index contributed by atoms with van der Waals surface area (Å²) in [5.74, 6) is 0.643. The van der Waals surface area contributed by atoms with E-state index in [1.807, 2.05) is 13.8 Å². The summed E-state index contributed by atoms with van der Waals surface area (Å²) in [4.78, 5) is 0.256. The monoisotopic (exact) mass is 321 g/mol. The fourth-order valence-corrected chi connectivity index (χ4v) is 3.80. The van der Waals surface area contributed by atoms with Crippen LogP contribution in [-0.4, -0.2) is 39.1 Å². The third-order valence-electron chi connectivity index (χ3n) is 2.84. The van der Waals surface area contributed by atoms with Crippen LogP contribution in [0.25, 0.3) is 0 Å². The van der Waals surface area contributed by atoms with Crippen molar-refractivity contribution in [3.63, 3.8) is 0 Å². The highest BCUT2D eigenvalue weighted by Crippen LogP contribution is 2.46. The molecule has 0 heterocycles. The maximum atomic E-state index is 11.9. The van der Waals surface area contributed by atoms with Crippen molar-refractivity contribution in [2.24, 2.45) is 0 Å². The number of hydrogen-bond acceptors (Lipinski definition) is 4. The van der Waals surface area contributed by atoms with Crippen LogP contribution in [0.3, 0.4) is 0 Å². The maximum absolute atomic E-state index is 11.9. The average Bonchev–Trinajstić information content (AvgIpc) is 2.39. The molecule has 0 fully saturated rings. The molecule has 0 radical (unpaired) electrons. The first-order valence-electron chi connectivity index (χ1n) is 6.05. The Kier molecular flexibility index (Phi) is 5.56. The highest BCUT2D eigenvalue weighted by atomic mass is 32.4. The van der Waals surface area contributed by atoms with E-state index in [0.717, 1.165) is 12.3 Å². The van der Waals surface area contributed by atoms with E-state index in [9.17, 15) is 8.42 Å². The van der Waals surface area contributed by atoms with Crippen molar-refractivity contribution in [1.82, 2.24) is 4.31 Å². The van der Waals surface area contributed by atoms with Gasteiger partial charge in [0.1, 0.15) is 12.0 Å². The third kappa shape index (κ3) is 4.02. The molecule has 1 aromatic carbocycles. The third-order valence-corrected chi connectivity index (χ3v) is 8.91. The normalized spacial score (nSPS) is 12.7. The van der Waals surface area contributed by atoms with Crippen LogP contribution in [0.1, 0.15) is 13.8 Å². The molecule has 0 atom stereocenters. The Balaban J connectivity index is 2.98. The lowest BCUT2D eigenvalue weighted by atomic mass is 10.3. The molecule has 0 N–H and O–H groups in total. The molecule has 0 aliphatic heterocycles. The molecule has 4 nitrogen and oxygen atoms in total. The maximum Gasteiger partial charge on any atom is 0.242 e. The van der Waals surface area contributed by atoms with Crippen LogP contribution in [0.4, 0.5) is 0 Å². The Morgan fingerprint density at radius 2 is 1.63 bits per heavy atom. The average molecular weight is 321 g/mol. The summed E-state index contributed by atoms with van der Waals surface area (Å²) < 4.78 is 30.9. The van der Waals surface area contributed by atoms with Gasteiger partial charge in [-0.2, -0.15) is 0 Å². The molecule has 1 aromatic rings. The fraction of sp³-hybridized carbons (Fsp3) is 0.500. The Morgan fingerprint density at radius 3 is 2.00 bits per heavy atom. The summed E-state index contributed by atoms with van der Waals surface area (Å²) in [6, 6.07) is 6.44. The van der Waals surface area contributed by atoms with E-state index >= 15 is 0 Å². The van der Waals surface area contributed by atoms with Gasteiger partial charge in [0, 0.05) is 26.4 Å². The first-order chi connectivity index (χ1) is 8.75. The second-order valence-electron chi connectivity index (χ2n) is 4.30. The second kappa shape index (κ2) is 6.35. The molecule has 0 aliphatic carbocycles. The van der Waals surface area contributed by atoms with Crippen LogP contribution in [0.15, 0.2) is 29.2 Å². The summed E-state index contributed by atoms with van der Waals surface area (Å²) in [5, 5.41) is 0. The lowest BCUT2D eigenvalue weighted by Crippen LogP contribution is -2.22. The topological polar surface area (TPSA) is 46.6 Å². The van der Waals surface area contributed by atoms with Crippen molar-refractivity contribution < 1.29 is 12.9 Å². The van der Waals surface area contributed by atoms with Crippen LogP contribution in [0.5, 0.6) is 5.75 Å². The summed E-state index contributed by atoms with van der Waals surface area (Å²) >= 11 is 5.50. The minimum Gasteiger partial charge on any atom is -0.467 e. The molecule has 0 aromatic heterocycles. The second-order valence-corrected chi connectivity index (χ2v) is 11.5. The highest BCUT2D eigenvalue weighted by Gasteiger charge is 2.18. The standard InChI is InChI=1S/C12H20NO3PS2/c1-5-17(18,6-2)16-11-7-9-12(10-8-11)19(14,15)13(3)4/h7-10H,5-6H2,1-4H3. The minimum absolute atomic E-state index is 0.256. The molecule has 7 heteroatoms. The van der Waals surface area contributed by atoms with E-state index in [4.69, 9.17) is 16.3 Å². The van der Waals surface area contributed by atoms with E-state index in [1.165, 1.54) is 18.4 Å². The molecule has 0 spiro atoms. The van der Waals surface area contributed by atoms with Crippen LogP contribution in [0.2, 0.25) is 0 Å². The summed E-state index contributed by atoms with van der Waals surface area (Å²) in [5.41, 5.74) is 0. The van der Waals surface area contributed by atoms with E-state index in [0.29, 0.717) is 5.75 Å². The number of rotatable bonds is 6. The SMILES string of the molecule is CCP(=S)(CC)Oc1ccc(S(=O)(=O)N(C)C)cc1. The van der Waals surface area contributed by atoms with E-state index in [2.05, 4.69) is 0 Å². The van der Waals surface area contributed by atoms with Crippen molar-refractivity contribution >= 4 is 28.1 Å². The molecule has 0 amide bonds. The van der Waals surface area contributed by atoms with Crippen LogP contribution in [0, 0.1) is 0 Å². The van der Waals surface area contributed by atoms with Crippen molar-refractivity contribution in [3.8, 4) is 5.75 Å². The number of hydrogen-bond donors (Lipinski definition) is 0. The summed E-state index contributed by atoms with van der Waals surface area (Å²) in [6.45, 7) is 4.05. The molecule has 0 saturated carbocycles. The van der Waals surface area contributed by atoms with Crippen molar-refractivity contribution in [1.29, 1.82) is 0 Å². The van der Waals surface area contributed by atoms with Gasteiger partial charge in [-0.15, -0.1) is 0 Å². The van der Waals surface area contributed by atoms with Crippen LogP contribution < -0.4 is 4.52 Å². The van der Waals surface area contributed by atoms with Gasteiger partial charge in [0.2, 0.25) is 10.0 Å². The largest absolute Gasteiger partial charge is 0.467 e. The zero-order chi connectivity index (χ0) is 14.7. The Hall–Kier alpha value is -0.420. The number of nitrogens with zero attached hydrogens (tertiary/aromatic N) is 1. The molecule has 0 unspecified atom stereocenters. The van der Waals surface area contributed by atoms with Gasteiger partial charge in [0.15, 0.2) is 0 Å². The number of sulfonamides is 1. The van der Waals surface area contributed by atoms with Gasteiger partial charge < -0.3 is 4.52 Å². The molecule has 0 saturated heterocycles. The van der Waals surface area contributed by atoms with Gasteiger partial charge >= 0.3 is 0 Å². The molecule has 19 heavy (non-hydrogen) atoms. The number of benzene rings is 1. The van der Waals surface area contributed by atoms with Gasteiger partial charge in [-0.3, -0.25) is 0 Å². The quantitative estimate of drug-likeness (QED) is 0.756. The molecule has 0 bridgehead atoms. The van der Waals surface area contributed by atoms with E-state index in [1.54, 1.807) is 24.3 Å². The van der Waals surface area contributed by atoms with Crippen molar-refractivity contribution in [2.45, 2.75) is 18.7 Å². The first kappa shape index (κ1) is 16.6. The van der Waals surface area contributed by atoms with Gasteiger partial charge in [0.25, 0.3) is 0 Å². The van der Waals surface area contributed by atoms with Crippen LogP contribution in [-0.2, 0) is 21.8 Å². The highest BCUT2D eigenvalue weighted by molar-refractivity contribution is 8.12.